The minimum absolute atomic E-state index is 0.0318. The van der Waals surface area contributed by atoms with Gasteiger partial charge in [-0.25, -0.2) is 9.59 Å². The second-order valence-corrected chi connectivity index (χ2v) is 11.4. The second-order valence-electron chi connectivity index (χ2n) is 11.4. The Kier molecular flexibility index (Phi) is 16.5. The predicted octanol–water partition coefficient (Wildman–Crippen LogP) is 2.22. The molecule has 0 amide bonds. The fourth-order valence-corrected chi connectivity index (χ4v) is 5.56. The van der Waals surface area contributed by atoms with E-state index in [1.807, 2.05) is 0 Å². The molecule has 2 aromatic carbocycles. The van der Waals surface area contributed by atoms with Crippen molar-refractivity contribution < 1.29 is 61.3 Å². The third-order valence-corrected chi connectivity index (χ3v) is 8.18. The molecule has 244 valence electrons. The lowest BCUT2D eigenvalue weighted by Crippen LogP contribution is -2.59. The summed E-state index contributed by atoms with van der Waals surface area (Å²) in [7, 11) is 0. The van der Waals surface area contributed by atoms with Crippen LogP contribution >= 0.6 is 0 Å². The number of aromatic carboxylic acids is 2. The molecule has 0 atom stereocenters. The summed E-state index contributed by atoms with van der Waals surface area (Å²) in [6.45, 7) is 1.55. The van der Waals surface area contributed by atoms with Crippen LogP contribution in [-0.4, -0.2) is 57.4 Å². The molecule has 0 heterocycles. The standard InChI is InChI=1S/2C9H17NO2.2C7H6O3/c2*10-7-9(6-8(11)12)4-2-1-3-5-9;2*8-6-4-2-1-3-5(6)7(9)10/h2*1-7,10H2,(H,11,12);2*1-4,8H,(H,9,10). The molecule has 0 radical (unpaired) electrons. The molecular weight excluding hydrogens is 572 g/mol. The van der Waals surface area contributed by atoms with Crippen molar-refractivity contribution in [1.82, 2.24) is 0 Å². The molecule has 44 heavy (non-hydrogen) atoms. The lowest BCUT2D eigenvalue weighted by molar-refractivity contribution is -0.395. The van der Waals surface area contributed by atoms with Gasteiger partial charge in [0.25, 0.3) is 0 Å². The monoisotopic (exact) mass is 618 g/mol. The normalized spacial score (nSPS) is 16.2. The van der Waals surface area contributed by atoms with E-state index in [2.05, 4.69) is 11.5 Å². The van der Waals surface area contributed by atoms with Crippen molar-refractivity contribution in [1.29, 1.82) is 0 Å². The van der Waals surface area contributed by atoms with E-state index in [0.29, 0.717) is 12.8 Å². The van der Waals surface area contributed by atoms with Gasteiger partial charge in [-0.2, -0.15) is 0 Å². The summed E-state index contributed by atoms with van der Waals surface area (Å²) in [4.78, 5) is 41.7. The quantitative estimate of drug-likeness (QED) is 0.251. The zero-order valence-electron chi connectivity index (χ0n) is 25.2. The van der Waals surface area contributed by atoms with E-state index in [1.165, 1.54) is 87.1 Å². The van der Waals surface area contributed by atoms with Gasteiger partial charge in [0, 0.05) is 10.8 Å². The first kappa shape index (κ1) is 37.9. The van der Waals surface area contributed by atoms with Crippen LogP contribution in [0.15, 0.2) is 48.5 Å². The van der Waals surface area contributed by atoms with Crippen LogP contribution in [0, 0.1) is 10.8 Å². The number of benzene rings is 2. The van der Waals surface area contributed by atoms with Gasteiger partial charge in [0.2, 0.25) is 0 Å². The molecule has 4 rings (SSSR count). The summed E-state index contributed by atoms with van der Waals surface area (Å²) in [5.41, 5.74) is 7.45. The van der Waals surface area contributed by atoms with Gasteiger partial charge in [0.1, 0.15) is 0 Å². The zero-order chi connectivity index (χ0) is 33.2. The average Bonchev–Trinajstić information content (AvgIpc) is 2.98. The van der Waals surface area contributed by atoms with Crippen LogP contribution in [0.3, 0.4) is 0 Å². The summed E-state index contributed by atoms with van der Waals surface area (Å²) >= 11 is 0. The number of carboxylic acids is 4. The molecule has 2 saturated carbocycles. The summed E-state index contributed by atoms with van der Waals surface area (Å²) < 4.78 is 0. The van der Waals surface area contributed by atoms with Gasteiger partial charge in [-0.3, -0.25) is 9.59 Å². The first-order valence-electron chi connectivity index (χ1n) is 14.8. The number of aliphatic carboxylic acids is 2. The number of hydrogen-bond acceptors (Lipinski definition) is 6. The van der Waals surface area contributed by atoms with Crippen molar-refractivity contribution in [2.24, 2.45) is 10.8 Å². The molecule has 12 nitrogen and oxygen atoms in total. The highest BCUT2D eigenvalue weighted by Crippen LogP contribution is 2.38. The van der Waals surface area contributed by atoms with Gasteiger partial charge < -0.3 is 42.1 Å². The largest absolute Gasteiger partial charge is 0.872 e. The van der Waals surface area contributed by atoms with Crippen molar-refractivity contribution in [3.05, 3.63) is 59.7 Å². The minimum atomic E-state index is -1.18. The Morgan fingerprint density at radius 3 is 1.07 bits per heavy atom. The third-order valence-electron chi connectivity index (χ3n) is 8.18. The molecule has 12 heteroatoms. The Bertz CT molecular complexity index is 1110. The molecule has 2 aromatic rings. The molecule has 2 aliphatic carbocycles. The summed E-state index contributed by atoms with van der Waals surface area (Å²) in [5, 5.41) is 55.6. The van der Waals surface area contributed by atoms with Crippen molar-refractivity contribution >= 4 is 23.9 Å². The molecule has 0 spiro atoms. The topological polar surface area (TPSA) is 251 Å². The molecular formula is C32H46N2O10. The highest BCUT2D eigenvalue weighted by atomic mass is 16.4. The SMILES string of the molecule is O=C(O)c1ccccc1[O-].O=C(O)c1ccccc1[O-].[NH3+]CC1(CC(=O)O)CCCCC1.[NH3+]CC1(CC(=O)O)CCCCC1. The Morgan fingerprint density at radius 2 is 0.864 bits per heavy atom. The van der Waals surface area contributed by atoms with Gasteiger partial charge in [-0.05, 0) is 37.8 Å². The molecule has 10 N–H and O–H groups in total. The van der Waals surface area contributed by atoms with Crippen molar-refractivity contribution in [2.75, 3.05) is 13.1 Å². The van der Waals surface area contributed by atoms with Gasteiger partial charge in [-0.15, -0.1) is 0 Å². The smallest absolute Gasteiger partial charge is 0.335 e. The summed E-state index contributed by atoms with van der Waals surface area (Å²) in [5.74, 6) is -4.58. The van der Waals surface area contributed by atoms with E-state index in [-0.39, 0.29) is 22.0 Å². The maximum absolute atomic E-state index is 10.7. The van der Waals surface area contributed by atoms with Crippen LogP contribution < -0.4 is 21.7 Å². The number of quaternary nitrogens is 2. The average molecular weight is 619 g/mol. The fraction of sp³-hybridized carbons (Fsp3) is 0.500. The van der Waals surface area contributed by atoms with E-state index in [0.717, 1.165) is 38.8 Å². The van der Waals surface area contributed by atoms with Crippen molar-refractivity contribution in [3.8, 4) is 11.5 Å². The van der Waals surface area contributed by atoms with E-state index in [1.54, 1.807) is 0 Å². The highest BCUT2D eigenvalue weighted by Gasteiger charge is 2.35. The first-order chi connectivity index (χ1) is 20.8. The van der Waals surface area contributed by atoms with Crippen LogP contribution in [0.1, 0.15) is 97.8 Å². The van der Waals surface area contributed by atoms with Crippen LogP contribution in [-0.2, 0) is 9.59 Å². The summed E-state index contributed by atoms with van der Waals surface area (Å²) in [6.07, 6.45) is 12.1. The molecule has 2 aliphatic rings. The second kappa shape index (κ2) is 19.2. The Hall–Kier alpha value is -4.16. The van der Waals surface area contributed by atoms with Gasteiger partial charge in [0.15, 0.2) is 0 Å². The van der Waals surface area contributed by atoms with E-state index < -0.39 is 35.4 Å². The lowest BCUT2D eigenvalue weighted by atomic mass is 9.72. The number of para-hydroxylation sites is 2. The van der Waals surface area contributed by atoms with E-state index >= 15 is 0 Å². The summed E-state index contributed by atoms with van der Waals surface area (Å²) in [6, 6.07) is 11.1. The number of rotatable bonds is 8. The van der Waals surface area contributed by atoms with Gasteiger partial charge in [-0.1, -0.05) is 86.4 Å². The van der Waals surface area contributed by atoms with Gasteiger partial charge in [0.05, 0.1) is 37.1 Å². The molecule has 2 fully saturated rings. The molecule has 0 saturated heterocycles. The lowest BCUT2D eigenvalue weighted by Gasteiger charge is -2.32. The van der Waals surface area contributed by atoms with Crippen LogP contribution in [0.4, 0.5) is 0 Å². The molecule has 0 aromatic heterocycles. The molecule has 0 bridgehead atoms. The Balaban J connectivity index is 0.000000294. The number of carbonyl (C=O) groups is 4. The minimum Gasteiger partial charge on any atom is -0.872 e. The maximum atomic E-state index is 10.7. The molecule has 0 unspecified atom stereocenters. The fourth-order valence-electron chi connectivity index (χ4n) is 5.56. The molecule has 0 aliphatic heterocycles. The number of hydrogen-bond donors (Lipinski definition) is 6. The Morgan fingerprint density at radius 1 is 0.568 bits per heavy atom. The van der Waals surface area contributed by atoms with Crippen LogP contribution in [0.5, 0.6) is 11.5 Å². The predicted molar refractivity (Wildman–Crippen MR) is 157 cm³/mol. The third kappa shape index (κ3) is 13.4. The zero-order valence-corrected chi connectivity index (χ0v) is 25.2. The van der Waals surface area contributed by atoms with Crippen molar-refractivity contribution in [2.45, 2.75) is 77.0 Å². The maximum Gasteiger partial charge on any atom is 0.335 e. The van der Waals surface area contributed by atoms with Crippen LogP contribution in [0.2, 0.25) is 0 Å². The highest BCUT2D eigenvalue weighted by molar-refractivity contribution is 5.90. The Labute approximate surface area is 257 Å². The first-order valence-corrected chi connectivity index (χ1v) is 14.8. The van der Waals surface area contributed by atoms with Gasteiger partial charge >= 0.3 is 23.9 Å². The van der Waals surface area contributed by atoms with E-state index in [9.17, 15) is 29.4 Å². The van der Waals surface area contributed by atoms with Crippen molar-refractivity contribution in [3.63, 3.8) is 0 Å². The van der Waals surface area contributed by atoms with E-state index in [4.69, 9.17) is 20.4 Å². The number of carboxylic acid groups (broad SMARTS) is 4. The van der Waals surface area contributed by atoms with Crippen LogP contribution in [0.25, 0.3) is 0 Å².